The van der Waals surface area contributed by atoms with Crippen molar-refractivity contribution in [1.82, 2.24) is 0 Å². The maximum atomic E-state index is 13.4. The van der Waals surface area contributed by atoms with Crippen LogP contribution in [0.2, 0.25) is 0 Å². The summed E-state index contributed by atoms with van der Waals surface area (Å²) < 4.78 is 13.4. The highest BCUT2D eigenvalue weighted by atomic mass is 19.1. The predicted molar refractivity (Wildman–Crippen MR) is 72.0 cm³/mol. The van der Waals surface area contributed by atoms with Gasteiger partial charge in [0.1, 0.15) is 5.82 Å². The molecule has 0 bridgehead atoms. The summed E-state index contributed by atoms with van der Waals surface area (Å²) in [5, 5.41) is 3.96. The summed E-state index contributed by atoms with van der Waals surface area (Å²) >= 11 is 0. The number of hydrogen-bond donors (Lipinski definition) is 1. The molecule has 0 aliphatic heterocycles. The van der Waals surface area contributed by atoms with Crippen LogP contribution in [-0.4, -0.2) is 6.21 Å². The zero-order valence-corrected chi connectivity index (χ0v) is 9.60. The van der Waals surface area contributed by atoms with Crippen molar-refractivity contribution in [3.8, 4) is 12.3 Å². The number of halogens is 1. The third kappa shape index (κ3) is 2.96. The van der Waals surface area contributed by atoms with Gasteiger partial charge in [0.25, 0.3) is 0 Å². The molecule has 2 aromatic rings. The molecule has 2 rings (SSSR count). The minimum atomic E-state index is -0.354. The lowest BCUT2D eigenvalue weighted by Gasteiger charge is -2.00. The molecule has 2 nitrogen and oxygen atoms in total. The second-order valence-electron chi connectivity index (χ2n) is 3.62. The molecule has 0 aliphatic carbocycles. The van der Waals surface area contributed by atoms with Gasteiger partial charge in [-0.05, 0) is 30.3 Å². The Bertz CT molecular complexity index is 598. The molecule has 0 amide bonds. The van der Waals surface area contributed by atoms with Gasteiger partial charge in [-0.25, -0.2) is 4.39 Å². The standard InChI is InChI=1S/C15H11FN2/c1-2-12-8-9-15(16)13(10-12)11-17-18-14-6-4-3-5-7-14/h1,3-11,18H. The van der Waals surface area contributed by atoms with Gasteiger partial charge in [0, 0.05) is 11.1 Å². The molecule has 0 heterocycles. The quantitative estimate of drug-likeness (QED) is 0.495. The Kier molecular flexibility index (Phi) is 3.72. The molecule has 0 aromatic heterocycles. The van der Waals surface area contributed by atoms with Gasteiger partial charge in [0.15, 0.2) is 0 Å². The second-order valence-corrected chi connectivity index (χ2v) is 3.62. The topological polar surface area (TPSA) is 24.4 Å². The van der Waals surface area contributed by atoms with Gasteiger partial charge in [-0.15, -0.1) is 6.42 Å². The number of benzene rings is 2. The first-order valence-corrected chi connectivity index (χ1v) is 5.40. The normalized spacial score (nSPS) is 10.2. The van der Waals surface area contributed by atoms with Crippen molar-refractivity contribution in [3.05, 3.63) is 65.5 Å². The van der Waals surface area contributed by atoms with Crippen LogP contribution in [0.3, 0.4) is 0 Å². The Labute approximate surface area is 105 Å². The van der Waals surface area contributed by atoms with Gasteiger partial charge in [-0.3, -0.25) is 5.43 Å². The number of nitrogens with zero attached hydrogens (tertiary/aromatic N) is 1. The van der Waals surface area contributed by atoms with E-state index in [1.54, 1.807) is 12.1 Å². The van der Waals surface area contributed by atoms with Gasteiger partial charge in [-0.1, -0.05) is 24.1 Å². The molecule has 0 saturated carbocycles. The van der Waals surface area contributed by atoms with E-state index in [0.717, 1.165) is 5.69 Å². The van der Waals surface area contributed by atoms with Crippen LogP contribution >= 0.6 is 0 Å². The monoisotopic (exact) mass is 238 g/mol. The third-order valence-electron chi connectivity index (χ3n) is 2.33. The Balaban J connectivity index is 2.12. The smallest absolute Gasteiger partial charge is 0.132 e. The molecule has 18 heavy (non-hydrogen) atoms. The molecule has 0 atom stereocenters. The average molecular weight is 238 g/mol. The predicted octanol–water partition coefficient (Wildman–Crippen LogP) is 3.25. The molecule has 2 aromatic carbocycles. The number of nitrogens with one attached hydrogen (secondary N) is 1. The van der Waals surface area contributed by atoms with E-state index in [1.165, 1.54) is 12.3 Å². The highest BCUT2D eigenvalue weighted by molar-refractivity contribution is 5.81. The molecule has 0 radical (unpaired) electrons. The Morgan fingerprint density at radius 2 is 1.94 bits per heavy atom. The fraction of sp³-hybridized carbons (Fsp3) is 0. The lowest BCUT2D eigenvalue weighted by molar-refractivity contribution is 0.626. The molecule has 3 heteroatoms. The summed E-state index contributed by atoms with van der Waals surface area (Å²) in [6.07, 6.45) is 6.66. The van der Waals surface area contributed by atoms with Crippen LogP contribution in [0, 0.1) is 18.2 Å². The number of anilines is 1. The third-order valence-corrected chi connectivity index (χ3v) is 2.33. The van der Waals surface area contributed by atoms with E-state index in [9.17, 15) is 4.39 Å². The molecular formula is C15H11FN2. The highest BCUT2D eigenvalue weighted by Crippen LogP contribution is 2.09. The molecule has 0 spiro atoms. The van der Waals surface area contributed by atoms with Crippen molar-refractivity contribution >= 4 is 11.9 Å². The van der Waals surface area contributed by atoms with Crippen molar-refractivity contribution in [2.24, 2.45) is 5.10 Å². The summed E-state index contributed by atoms with van der Waals surface area (Å²) in [7, 11) is 0. The van der Waals surface area contributed by atoms with Gasteiger partial charge in [0.2, 0.25) is 0 Å². The first-order chi connectivity index (χ1) is 8.79. The van der Waals surface area contributed by atoms with Crippen LogP contribution in [-0.2, 0) is 0 Å². The summed E-state index contributed by atoms with van der Waals surface area (Å²) in [5.41, 5.74) is 4.62. The van der Waals surface area contributed by atoms with Crippen molar-refractivity contribution in [2.45, 2.75) is 0 Å². The largest absolute Gasteiger partial charge is 0.279 e. The van der Waals surface area contributed by atoms with E-state index in [2.05, 4.69) is 16.4 Å². The van der Waals surface area contributed by atoms with E-state index in [-0.39, 0.29) is 5.82 Å². The lowest BCUT2D eigenvalue weighted by atomic mass is 10.1. The highest BCUT2D eigenvalue weighted by Gasteiger charge is 1.99. The van der Waals surface area contributed by atoms with E-state index in [0.29, 0.717) is 11.1 Å². The average Bonchev–Trinajstić information content (AvgIpc) is 2.42. The van der Waals surface area contributed by atoms with Crippen LogP contribution in [0.1, 0.15) is 11.1 Å². The molecule has 0 unspecified atom stereocenters. The van der Waals surface area contributed by atoms with Gasteiger partial charge in [-0.2, -0.15) is 5.10 Å². The van der Waals surface area contributed by atoms with E-state index >= 15 is 0 Å². The minimum absolute atomic E-state index is 0.354. The Morgan fingerprint density at radius 1 is 1.17 bits per heavy atom. The SMILES string of the molecule is C#Cc1ccc(F)c(C=NNc2ccccc2)c1. The fourth-order valence-electron chi connectivity index (χ4n) is 1.42. The maximum absolute atomic E-state index is 13.4. The van der Waals surface area contributed by atoms with Gasteiger partial charge >= 0.3 is 0 Å². The van der Waals surface area contributed by atoms with Crippen LogP contribution in [0.4, 0.5) is 10.1 Å². The van der Waals surface area contributed by atoms with Crippen LogP contribution in [0.5, 0.6) is 0 Å². The van der Waals surface area contributed by atoms with Crippen molar-refractivity contribution in [2.75, 3.05) is 5.43 Å². The Hall–Kier alpha value is -2.60. The first-order valence-electron chi connectivity index (χ1n) is 5.40. The van der Waals surface area contributed by atoms with Gasteiger partial charge in [0.05, 0.1) is 11.9 Å². The summed E-state index contributed by atoms with van der Waals surface area (Å²) in [6.45, 7) is 0. The number of para-hydroxylation sites is 1. The second kappa shape index (κ2) is 5.65. The van der Waals surface area contributed by atoms with E-state index in [4.69, 9.17) is 6.42 Å². The van der Waals surface area contributed by atoms with Crippen molar-refractivity contribution in [3.63, 3.8) is 0 Å². The van der Waals surface area contributed by atoms with Crippen molar-refractivity contribution in [1.29, 1.82) is 0 Å². The zero-order chi connectivity index (χ0) is 12.8. The molecule has 0 saturated heterocycles. The minimum Gasteiger partial charge on any atom is -0.279 e. The summed E-state index contributed by atoms with van der Waals surface area (Å²) in [4.78, 5) is 0. The maximum Gasteiger partial charge on any atom is 0.132 e. The number of hydrazone groups is 1. The van der Waals surface area contributed by atoms with Crippen LogP contribution in [0.25, 0.3) is 0 Å². The van der Waals surface area contributed by atoms with Crippen molar-refractivity contribution < 1.29 is 4.39 Å². The molecule has 1 N–H and O–H groups in total. The summed E-state index contributed by atoms with van der Waals surface area (Å²) in [5.74, 6) is 2.10. The number of rotatable bonds is 3. The number of terminal acetylenes is 1. The summed E-state index contributed by atoms with van der Waals surface area (Å²) in [6, 6.07) is 13.9. The molecule has 0 aliphatic rings. The fourth-order valence-corrected chi connectivity index (χ4v) is 1.42. The number of hydrogen-bond acceptors (Lipinski definition) is 2. The molecule has 0 fully saturated rings. The molecular weight excluding hydrogens is 227 g/mol. The van der Waals surface area contributed by atoms with Crippen LogP contribution < -0.4 is 5.43 Å². The lowest BCUT2D eigenvalue weighted by Crippen LogP contribution is -1.93. The van der Waals surface area contributed by atoms with E-state index < -0.39 is 0 Å². The first kappa shape index (κ1) is 11.9. The van der Waals surface area contributed by atoms with E-state index in [1.807, 2.05) is 30.3 Å². The zero-order valence-electron chi connectivity index (χ0n) is 9.60. The molecule has 88 valence electrons. The van der Waals surface area contributed by atoms with Gasteiger partial charge < -0.3 is 0 Å². The van der Waals surface area contributed by atoms with Crippen LogP contribution in [0.15, 0.2) is 53.6 Å². The Morgan fingerprint density at radius 3 is 2.67 bits per heavy atom.